The first-order chi connectivity index (χ1) is 14.0. The highest BCUT2D eigenvalue weighted by atomic mass is 32.2. The molecule has 5 nitrogen and oxygen atoms in total. The number of aliphatic hydroxyl groups excluding tert-OH is 1. The van der Waals surface area contributed by atoms with Crippen LogP contribution in [0.3, 0.4) is 0 Å². The number of hydrogen-bond donors (Lipinski definition) is 1. The number of hydrogen-bond acceptors (Lipinski definition) is 4. The monoisotopic (exact) mass is 404 g/mol. The Morgan fingerprint density at radius 1 is 1.00 bits per heavy atom. The molecule has 2 aromatic carbocycles. The van der Waals surface area contributed by atoms with Crippen LogP contribution in [0.4, 0.5) is 0 Å². The molecule has 0 aliphatic heterocycles. The van der Waals surface area contributed by atoms with Crippen LogP contribution >= 0.6 is 0 Å². The smallest absolute Gasteiger partial charge is 0.268 e. The number of fused-ring (bicyclic) bond motifs is 1. The quantitative estimate of drug-likeness (QED) is 0.537. The van der Waals surface area contributed by atoms with Crippen molar-refractivity contribution in [2.45, 2.75) is 17.9 Å². The molecule has 0 aliphatic rings. The average Bonchev–Trinajstić information content (AvgIpc) is 3.14. The van der Waals surface area contributed by atoms with Gasteiger partial charge in [0.1, 0.15) is 0 Å². The van der Waals surface area contributed by atoms with Gasteiger partial charge in [0.15, 0.2) is 0 Å². The topological polar surface area (TPSA) is 72.2 Å². The van der Waals surface area contributed by atoms with E-state index in [1.54, 1.807) is 54.7 Å². The third-order valence-corrected chi connectivity index (χ3v) is 6.43. The molecule has 1 atom stereocenters. The van der Waals surface area contributed by atoms with Gasteiger partial charge in [0.25, 0.3) is 10.0 Å². The van der Waals surface area contributed by atoms with Gasteiger partial charge in [-0.15, -0.1) is 0 Å². The average molecular weight is 404 g/mol. The number of aryl methyl sites for hydroxylation is 1. The summed E-state index contributed by atoms with van der Waals surface area (Å²) in [6.45, 7) is 1.91. The summed E-state index contributed by atoms with van der Waals surface area (Å²) in [6, 6.07) is 19.4. The van der Waals surface area contributed by atoms with Crippen molar-refractivity contribution in [1.82, 2.24) is 8.96 Å². The minimum atomic E-state index is -3.79. The van der Waals surface area contributed by atoms with Crippen molar-refractivity contribution in [2.75, 3.05) is 0 Å². The molecule has 0 bridgehead atoms. The van der Waals surface area contributed by atoms with Crippen molar-refractivity contribution in [3.8, 4) is 0 Å². The van der Waals surface area contributed by atoms with E-state index in [2.05, 4.69) is 4.98 Å². The number of pyridine rings is 1. The minimum absolute atomic E-state index is 0.203. The number of aromatic nitrogens is 2. The summed E-state index contributed by atoms with van der Waals surface area (Å²) >= 11 is 0. The van der Waals surface area contributed by atoms with Crippen LogP contribution in [-0.2, 0) is 10.0 Å². The summed E-state index contributed by atoms with van der Waals surface area (Å²) in [7, 11) is -3.79. The maximum absolute atomic E-state index is 13.2. The van der Waals surface area contributed by atoms with Gasteiger partial charge < -0.3 is 5.11 Å². The molecule has 0 fully saturated rings. The van der Waals surface area contributed by atoms with E-state index in [0.29, 0.717) is 22.2 Å². The molecule has 0 radical (unpaired) electrons. The fraction of sp³-hybridized carbons (Fsp3) is 0.0870. The molecule has 2 heterocycles. The Morgan fingerprint density at radius 2 is 1.72 bits per heavy atom. The van der Waals surface area contributed by atoms with E-state index in [9.17, 15) is 13.5 Å². The molecule has 29 heavy (non-hydrogen) atoms. The molecule has 4 aromatic rings. The Bertz CT molecular complexity index is 1270. The van der Waals surface area contributed by atoms with Crippen molar-refractivity contribution >= 4 is 27.0 Å². The number of para-hydroxylation sites is 1. The van der Waals surface area contributed by atoms with E-state index in [1.165, 1.54) is 10.2 Å². The SMILES string of the molecule is Cc1ccc(S(=O)(=O)n2cc(C(O)/C=C\c3ccccn3)c3ccccc32)cc1. The summed E-state index contributed by atoms with van der Waals surface area (Å²) in [5, 5.41) is 11.4. The van der Waals surface area contributed by atoms with Crippen LogP contribution in [0.15, 0.2) is 90.1 Å². The van der Waals surface area contributed by atoms with Crippen LogP contribution in [-0.4, -0.2) is 22.5 Å². The third-order valence-electron chi connectivity index (χ3n) is 4.74. The van der Waals surface area contributed by atoms with Gasteiger partial charge >= 0.3 is 0 Å². The molecule has 2 aromatic heterocycles. The van der Waals surface area contributed by atoms with Gasteiger partial charge in [-0.1, -0.05) is 42.0 Å². The van der Waals surface area contributed by atoms with E-state index in [1.807, 2.05) is 37.3 Å². The Balaban J connectivity index is 1.79. The van der Waals surface area contributed by atoms with Gasteiger partial charge in [-0.2, -0.15) is 0 Å². The predicted molar refractivity (Wildman–Crippen MR) is 114 cm³/mol. The van der Waals surface area contributed by atoms with Crippen LogP contribution in [0.25, 0.3) is 17.0 Å². The summed E-state index contributed by atoms with van der Waals surface area (Å²) in [5.41, 5.74) is 2.73. The number of nitrogens with zero attached hydrogens (tertiary/aromatic N) is 2. The first-order valence-corrected chi connectivity index (χ1v) is 10.6. The molecular weight excluding hydrogens is 384 g/mol. The van der Waals surface area contributed by atoms with Crippen LogP contribution in [0.1, 0.15) is 22.9 Å². The second-order valence-electron chi connectivity index (χ2n) is 6.77. The number of aliphatic hydroxyl groups is 1. The van der Waals surface area contributed by atoms with E-state index < -0.39 is 16.1 Å². The Kier molecular flexibility index (Phi) is 5.05. The Morgan fingerprint density at radius 3 is 2.45 bits per heavy atom. The summed E-state index contributed by atoms with van der Waals surface area (Å²) in [6.07, 6.45) is 5.51. The number of rotatable bonds is 5. The summed E-state index contributed by atoms with van der Waals surface area (Å²) < 4.78 is 27.7. The normalized spacial score (nSPS) is 13.2. The van der Waals surface area contributed by atoms with E-state index in [4.69, 9.17) is 0 Å². The Labute approximate surface area is 169 Å². The molecule has 146 valence electrons. The third kappa shape index (κ3) is 3.72. The highest BCUT2D eigenvalue weighted by molar-refractivity contribution is 7.90. The zero-order valence-corrected chi connectivity index (χ0v) is 16.6. The van der Waals surface area contributed by atoms with Crippen molar-refractivity contribution in [2.24, 2.45) is 0 Å². The van der Waals surface area contributed by atoms with Crippen molar-refractivity contribution in [1.29, 1.82) is 0 Å². The minimum Gasteiger partial charge on any atom is -0.384 e. The molecule has 6 heteroatoms. The summed E-state index contributed by atoms with van der Waals surface area (Å²) in [4.78, 5) is 4.40. The fourth-order valence-corrected chi connectivity index (χ4v) is 4.58. The lowest BCUT2D eigenvalue weighted by Gasteiger charge is -2.08. The van der Waals surface area contributed by atoms with Gasteiger partial charge in [-0.25, -0.2) is 12.4 Å². The second kappa shape index (κ2) is 7.66. The largest absolute Gasteiger partial charge is 0.384 e. The lowest BCUT2D eigenvalue weighted by Crippen LogP contribution is -2.11. The maximum Gasteiger partial charge on any atom is 0.268 e. The van der Waals surface area contributed by atoms with Gasteiger partial charge in [0, 0.05) is 23.3 Å². The summed E-state index contributed by atoms with van der Waals surface area (Å²) in [5.74, 6) is 0. The molecule has 0 saturated carbocycles. The Hall–Kier alpha value is -3.22. The van der Waals surface area contributed by atoms with Crippen LogP contribution in [0.5, 0.6) is 0 Å². The molecule has 0 aliphatic carbocycles. The zero-order valence-electron chi connectivity index (χ0n) is 15.8. The molecule has 0 amide bonds. The van der Waals surface area contributed by atoms with Crippen molar-refractivity contribution < 1.29 is 13.5 Å². The lowest BCUT2D eigenvalue weighted by atomic mass is 10.1. The molecule has 0 spiro atoms. The van der Waals surface area contributed by atoms with Crippen molar-refractivity contribution in [3.63, 3.8) is 0 Å². The van der Waals surface area contributed by atoms with Crippen molar-refractivity contribution in [3.05, 3.63) is 102 Å². The van der Waals surface area contributed by atoms with Gasteiger partial charge in [0.05, 0.1) is 22.2 Å². The second-order valence-corrected chi connectivity index (χ2v) is 8.59. The van der Waals surface area contributed by atoms with Crippen LogP contribution in [0, 0.1) is 6.92 Å². The molecule has 1 unspecified atom stereocenters. The maximum atomic E-state index is 13.2. The molecule has 1 N–H and O–H groups in total. The van der Waals surface area contributed by atoms with Gasteiger partial charge in [-0.05, 0) is 49.4 Å². The lowest BCUT2D eigenvalue weighted by molar-refractivity contribution is 0.231. The van der Waals surface area contributed by atoms with Gasteiger partial charge in [0.2, 0.25) is 0 Å². The van der Waals surface area contributed by atoms with Crippen LogP contribution < -0.4 is 0 Å². The fourth-order valence-electron chi connectivity index (χ4n) is 3.20. The first kappa shape index (κ1) is 19.1. The molecular formula is C23H20N2O3S. The highest BCUT2D eigenvalue weighted by Gasteiger charge is 2.22. The zero-order chi connectivity index (χ0) is 20.4. The van der Waals surface area contributed by atoms with E-state index >= 15 is 0 Å². The van der Waals surface area contributed by atoms with E-state index in [0.717, 1.165) is 5.56 Å². The molecule has 4 rings (SSSR count). The first-order valence-electron chi connectivity index (χ1n) is 9.16. The standard InChI is InChI=1S/C23H20N2O3S/c1-17-9-12-19(13-10-17)29(27,28)25-16-21(20-7-2-3-8-22(20)25)23(26)14-11-18-6-4-5-15-24-18/h2-16,23,26H,1H3/b14-11-. The predicted octanol–water partition coefficient (Wildman–Crippen LogP) is 4.33. The highest BCUT2D eigenvalue weighted by Crippen LogP contribution is 2.30. The van der Waals surface area contributed by atoms with Crippen LogP contribution in [0.2, 0.25) is 0 Å². The number of benzene rings is 2. The van der Waals surface area contributed by atoms with E-state index in [-0.39, 0.29) is 4.90 Å². The van der Waals surface area contributed by atoms with Gasteiger partial charge in [-0.3, -0.25) is 4.98 Å². The molecule has 0 saturated heterocycles.